The number of thioether (sulfide) groups is 1. The number of nitrogens with zero attached hydrogens (tertiary/aromatic N) is 1. The summed E-state index contributed by atoms with van der Waals surface area (Å²) < 4.78 is 0. The topological polar surface area (TPSA) is 32.3 Å². The van der Waals surface area contributed by atoms with Gasteiger partial charge in [0.2, 0.25) is 5.91 Å². The van der Waals surface area contributed by atoms with Crippen LogP contribution in [-0.4, -0.2) is 47.5 Å². The molecule has 3 aliphatic rings. The molecule has 20 heavy (non-hydrogen) atoms. The number of likely N-dealkylation sites (tertiary alicyclic amines) is 1. The normalized spacial score (nSPS) is 38.4. The van der Waals surface area contributed by atoms with Crippen LogP contribution in [0.25, 0.3) is 0 Å². The molecule has 2 aliphatic heterocycles. The van der Waals surface area contributed by atoms with E-state index in [9.17, 15) is 4.79 Å². The minimum atomic E-state index is 0.405. The van der Waals surface area contributed by atoms with Gasteiger partial charge in [0.05, 0.1) is 0 Å². The fourth-order valence-corrected chi connectivity index (χ4v) is 5.25. The lowest BCUT2D eigenvalue weighted by Gasteiger charge is -2.47. The van der Waals surface area contributed by atoms with Crippen LogP contribution in [0.2, 0.25) is 0 Å². The van der Waals surface area contributed by atoms with Gasteiger partial charge in [-0.2, -0.15) is 11.8 Å². The number of piperidine rings is 1. The van der Waals surface area contributed by atoms with E-state index in [0.717, 1.165) is 30.7 Å². The molecule has 3 fully saturated rings. The number of carbonyl (C=O) groups is 1. The molecule has 0 aromatic heterocycles. The molecule has 3 nitrogen and oxygen atoms in total. The first-order valence-electron chi connectivity index (χ1n) is 8.36. The van der Waals surface area contributed by atoms with Crippen molar-refractivity contribution in [3.63, 3.8) is 0 Å². The molecule has 1 saturated carbocycles. The Labute approximate surface area is 127 Å². The molecule has 114 valence electrons. The standard InChI is InChI=1S/C16H28N2OS/c1-12-6-8-18(15-5-3-2-4-14(12)15)16(19)10-13-11-20-9-7-17-13/h12-15,17H,2-11H2,1H3. The van der Waals surface area contributed by atoms with E-state index in [0.29, 0.717) is 24.4 Å². The molecule has 1 amide bonds. The van der Waals surface area contributed by atoms with Gasteiger partial charge in [-0.3, -0.25) is 4.79 Å². The molecule has 0 radical (unpaired) electrons. The molecule has 4 atom stereocenters. The molecule has 0 aromatic carbocycles. The van der Waals surface area contributed by atoms with E-state index < -0.39 is 0 Å². The van der Waals surface area contributed by atoms with Gasteiger partial charge < -0.3 is 10.2 Å². The van der Waals surface area contributed by atoms with Gasteiger partial charge in [0.1, 0.15) is 0 Å². The predicted octanol–water partition coefficient (Wildman–Crippen LogP) is 2.51. The van der Waals surface area contributed by atoms with E-state index in [1.807, 2.05) is 11.8 Å². The number of hydrogen-bond acceptors (Lipinski definition) is 3. The first-order chi connectivity index (χ1) is 9.75. The minimum absolute atomic E-state index is 0.405. The summed E-state index contributed by atoms with van der Waals surface area (Å²) in [5, 5.41) is 3.50. The summed E-state index contributed by atoms with van der Waals surface area (Å²) in [6.45, 7) is 4.46. The highest BCUT2D eigenvalue weighted by molar-refractivity contribution is 7.99. The number of hydrogen-bond donors (Lipinski definition) is 1. The third kappa shape index (κ3) is 3.16. The quantitative estimate of drug-likeness (QED) is 0.850. The maximum absolute atomic E-state index is 12.7. The fraction of sp³-hybridized carbons (Fsp3) is 0.938. The lowest BCUT2D eigenvalue weighted by atomic mass is 9.72. The largest absolute Gasteiger partial charge is 0.339 e. The summed E-state index contributed by atoms with van der Waals surface area (Å²) >= 11 is 1.98. The molecule has 4 unspecified atom stereocenters. The van der Waals surface area contributed by atoms with Gasteiger partial charge in [-0.05, 0) is 31.1 Å². The highest BCUT2D eigenvalue weighted by Crippen LogP contribution is 2.39. The van der Waals surface area contributed by atoms with Crippen molar-refractivity contribution in [3.05, 3.63) is 0 Å². The van der Waals surface area contributed by atoms with Gasteiger partial charge in [0.15, 0.2) is 0 Å². The van der Waals surface area contributed by atoms with Gasteiger partial charge >= 0.3 is 0 Å². The van der Waals surface area contributed by atoms with E-state index in [1.165, 1.54) is 37.9 Å². The van der Waals surface area contributed by atoms with Gasteiger partial charge in [0.25, 0.3) is 0 Å². The average molecular weight is 296 g/mol. The Kier molecular flexibility index (Phi) is 4.92. The van der Waals surface area contributed by atoms with Crippen LogP contribution in [0.5, 0.6) is 0 Å². The Morgan fingerprint density at radius 3 is 2.95 bits per heavy atom. The molecule has 0 aromatic rings. The van der Waals surface area contributed by atoms with Crippen LogP contribution in [0.15, 0.2) is 0 Å². The Bertz CT molecular complexity index is 343. The third-order valence-electron chi connectivity index (χ3n) is 5.48. The number of nitrogens with one attached hydrogen (secondary N) is 1. The van der Waals surface area contributed by atoms with Crippen LogP contribution in [0.1, 0.15) is 45.4 Å². The van der Waals surface area contributed by atoms with Crippen LogP contribution < -0.4 is 5.32 Å². The zero-order chi connectivity index (χ0) is 13.9. The second-order valence-electron chi connectivity index (χ2n) is 6.80. The van der Waals surface area contributed by atoms with Gasteiger partial charge in [-0.15, -0.1) is 0 Å². The number of carbonyl (C=O) groups excluding carboxylic acids is 1. The number of fused-ring (bicyclic) bond motifs is 1. The molecule has 1 aliphatic carbocycles. The first-order valence-corrected chi connectivity index (χ1v) is 9.52. The lowest BCUT2D eigenvalue weighted by molar-refractivity contribution is -0.139. The van der Waals surface area contributed by atoms with Crippen molar-refractivity contribution in [1.29, 1.82) is 0 Å². The predicted molar refractivity (Wildman–Crippen MR) is 85.0 cm³/mol. The third-order valence-corrected chi connectivity index (χ3v) is 6.61. The van der Waals surface area contributed by atoms with Gasteiger partial charge in [0, 0.05) is 43.1 Å². The summed E-state index contributed by atoms with van der Waals surface area (Å²) in [5.41, 5.74) is 0. The van der Waals surface area contributed by atoms with E-state index in [1.54, 1.807) is 0 Å². The summed E-state index contributed by atoms with van der Waals surface area (Å²) in [7, 11) is 0. The SMILES string of the molecule is CC1CCN(C(=O)CC2CSCCN2)C2CCCCC12. The second-order valence-corrected chi connectivity index (χ2v) is 7.95. The van der Waals surface area contributed by atoms with E-state index in [4.69, 9.17) is 0 Å². The molecule has 3 rings (SSSR count). The van der Waals surface area contributed by atoms with Gasteiger partial charge in [-0.1, -0.05) is 19.8 Å². The summed E-state index contributed by atoms with van der Waals surface area (Å²) in [5.74, 6) is 4.29. The Hall–Kier alpha value is -0.220. The zero-order valence-electron chi connectivity index (χ0n) is 12.6. The maximum atomic E-state index is 12.7. The van der Waals surface area contributed by atoms with Crippen molar-refractivity contribution in [3.8, 4) is 0 Å². The highest BCUT2D eigenvalue weighted by Gasteiger charge is 2.39. The molecular formula is C16H28N2OS. The summed E-state index contributed by atoms with van der Waals surface area (Å²) in [4.78, 5) is 15.0. The van der Waals surface area contributed by atoms with Crippen molar-refractivity contribution >= 4 is 17.7 Å². The van der Waals surface area contributed by atoms with Crippen molar-refractivity contribution in [2.75, 3.05) is 24.6 Å². The van der Waals surface area contributed by atoms with Crippen molar-refractivity contribution in [2.45, 2.75) is 57.5 Å². The molecule has 0 spiro atoms. The zero-order valence-corrected chi connectivity index (χ0v) is 13.5. The first kappa shape index (κ1) is 14.7. The molecule has 1 N–H and O–H groups in total. The van der Waals surface area contributed by atoms with Crippen LogP contribution in [-0.2, 0) is 4.79 Å². The van der Waals surface area contributed by atoms with Crippen LogP contribution in [0, 0.1) is 11.8 Å². The Morgan fingerprint density at radius 2 is 2.15 bits per heavy atom. The average Bonchev–Trinajstić information content (AvgIpc) is 2.49. The lowest BCUT2D eigenvalue weighted by Crippen LogP contribution is -2.53. The van der Waals surface area contributed by atoms with E-state index >= 15 is 0 Å². The van der Waals surface area contributed by atoms with Gasteiger partial charge in [-0.25, -0.2) is 0 Å². The second kappa shape index (κ2) is 6.69. The van der Waals surface area contributed by atoms with E-state index in [-0.39, 0.29) is 0 Å². The molecule has 4 heteroatoms. The van der Waals surface area contributed by atoms with Crippen LogP contribution in [0.3, 0.4) is 0 Å². The number of amides is 1. The van der Waals surface area contributed by atoms with Crippen molar-refractivity contribution in [2.24, 2.45) is 11.8 Å². The van der Waals surface area contributed by atoms with E-state index in [2.05, 4.69) is 17.1 Å². The van der Waals surface area contributed by atoms with Crippen LogP contribution >= 0.6 is 11.8 Å². The molecule has 0 bridgehead atoms. The molecule has 2 saturated heterocycles. The Balaban J connectivity index is 1.61. The maximum Gasteiger partial charge on any atom is 0.224 e. The van der Waals surface area contributed by atoms with Crippen molar-refractivity contribution in [1.82, 2.24) is 10.2 Å². The molecule has 2 heterocycles. The summed E-state index contributed by atoms with van der Waals surface area (Å²) in [6.07, 6.45) is 7.19. The number of rotatable bonds is 2. The van der Waals surface area contributed by atoms with Crippen LogP contribution in [0.4, 0.5) is 0 Å². The summed E-state index contributed by atoms with van der Waals surface area (Å²) in [6, 6.07) is 0.957. The van der Waals surface area contributed by atoms with Crippen molar-refractivity contribution < 1.29 is 4.79 Å². The smallest absolute Gasteiger partial charge is 0.224 e. The highest BCUT2D eigenvalue weighted by atomic mass is 32.2. The Morgan fingerprint density at radius 1 is 1.30 bits per heavy atom. The minimum Gasteiger partial charge on any atom is -0.339 e. The molecular weight excluding hydrogens is 268 g/mol. The monoisotopic (exact) mass is 296 g/mol. The fourth-order valence-electron chi connectivity index (χ4n) is 4.30.